The molecule has 9 heteroatoms. The molecular formula is C8H18Cl2N2O4Pt. The number of carboxylic acid groups (broad SMARTS) is 2. The van der Waals surface area contributed by atoms with Crippen LogP contribution in [0.3, 0.4) is 0 Å². The summed E-state index contributed by atoms with van der Waals surface area (Å²) in [6.07, 6.45) is 0.222. The summed E-state index contributed by atoms with van der Waals surface area (Å²) in [5, 5.41) is 18.5. The van der Waals surface area contributed by atoms with E-state index in [1.54, 1.807) is 0 Å². The van der Waals surface area contributed by atoms with E-state index in [1.807, 2.05) is 0 Å². The average molecular weight is 472 g/mol. The van der Waals surface area contributed by atoms with Gasteiger partial charge in [-0.25, -0.2) is 0 Å². The maximum Gasteiger partial charge on any atom is 4.00 e. The van der Waals surface area contributed by atoms with E-state index in [1.165, 1.54) is 13.8 Å². The van der Waals surface area contributed by atoms with Gasteiger partial charge in [0.2, 0.25) is 0 Å². The molecule has 17 heavy (non-hydrogen) atoms. The minimum atomic E-state index is -0.995. The first-order valence-electron chi connectivity index (χ1n) is 4.25. The van der Waals surface area contributed by atoms with Crippen molar-refractivity contribution in [3.05, 3.63) is 0 Å². The fourth-order valence-corrected chi connectivity index (χ4v) is 0. The Morgan fingerprint density at radius 1 is 0.882 bits per heavy atom. The van der Waals surface area contributed by atoms with Crippen LogP contribution in [0.5, 0.6) is 0 Å². The number of hydrogen-bond donors (Lipinski definition) is 2. The Bertz CT molecular complexity index is 137. The molecule has 0 saturated carbocycles. The molecule has 0 heterocycles. The molecular weight excluding hydrogens is 454 g/mol. The fourth-order valence-electron chi connectivity index (χ4n) is 0. The molecule has 0 aromatic carbocycles. The van der Waals surface area contributed by atoms with Gasteiger partial charge < -0.3 is 56.1 Å². The maximum absolute atomic E-state index is 9.26. The molecule has 0 fully saturated rings. The summed E-state index contributed by atoms with van der Waals surface area (Å²) in [5.74, 6) is -1.99. The molecule has 0 unspecified atom stereocenters. The number of hydrogen-bond acceptors (Lipinski definition) is 6. The third-order valence-electron chi connectivity index (χ3n) is 0.744. The maximum atomic E-state index is 9.26. The van der Waals surface area contributed by atoms with Gasteiger partial charge in [-0.05, 0) is 12.8 Å². The molecule has 0 rings (SSSR count). The zero-order valence-corrected chi connectivity index (χ0v) is 13.5. The van der Waals surface area contributed by atoms with Gasteiger partial charge in [0.05, 0.1) is 0 Å². The Balaban J connectivity index is -0.0000000247. The van der Waals surface area contributed by atoms with Crippen LogP contribution in [0.2, 0.25) is 0 Å². The number of carboxylic acids is 2. The normalized spacial score (nSPS) is 6.12. The standard InChI is InChI=1S/2C3H6O2.C2H8N2.2ClH.Pt/c2*1-2-3(4)5;3-1-2-4;;;/h2*2H2,1H3,(H,4,5);1-4H2;2*1H;/q;;;;;+4/p-4. The van der Waals surface area contributed by atoms with Crippen molar-refractivity contribution in [2.45, 2.75) is 26.7 Å². The van der Waals surface area contributed by atoms with E-state index >= 15 is 0 Å². The first-order valence-corrected chi connectivity index (χ1v) is 4.25. The quantitative estimate of drug-likeness (QED) is 0.420. The zero-order chi connectivity index (χ0) is 12.0. The number of rotatable bonds is 3. The van der Waals surface area contributed by atoms with Crippen LogP contribution >= 0.6 is 0 Å². The molecule has 108 valence electrons. The Kier molecular flexibility index (Phi) is 76.2. The van der Waals surface area contributed by atoms with Gasteiger partial charge in [0, 0.05) is 25.0 Å². The second-order valence-corrected chi connectivity index (χ2v) is 2.03. The van der Waals surface area contributed by atoms with Crippen LogP contribution in [-0.2, 0) is 30.7 Å². The summed E-state index contributed by atoms with van der Waals surface area (Å²) >= 11 is 0. The van der Waals surface area contributed by atoms with Crippen molar-refractivity contribution < 1.29 is 65.7 Å². The van der Waals surface area contributed by atoms with Gasteiger partial charge >= 0.3 is 21.1 Å². The molecule has 0 aromatic heterocycles. The molecule has 0 atom stereocenters. The van der Waals surface area contributed by atoms with Gasteiger partial charge in [-0.3, -0.25) is 0 Å². The van der Waals surface area contributed by atoms with Crippen LogP contribution in [0, 0.1) is 0 Å². The molecule has 0 aliphatic rings. The summed E-state index contributed by atoms with van der Waals surface area (Å²) in [5.41, 5.74) is 9.81. The monoisotopic (exact) mass is 471 g/mol. The van der Waals surface area contributed by atoms with E-state index in [0.29, 0.717) is 13.1 Å². The largest absolute Gasteiger partial charge is 4.00 e. The van der Waals surface area contributed by atoms with Crippen molar-refractivity contribution in [2.24, 2.45) is 11.5 Å². The minimum Gasteiger partial charge on any atom is -1.00 e. The van der Waals surface area contributed by atoms with Crippen LogP contribution in [0.15, 0.2) is 0 Å². The van der Waals surface area contributed by atoms with Crippen LogP contribution < -0.4 is 46.5 Å². The Labute approximate surface area is 129 Å². The molecule has 4 N–H and O–H groups in total. The molecule has 0 aromatic rings. The number of carbonyl (C=O) groups excluding carboxylic acids is 2. The van der Waals surface area contributed by atoms with Gasteiger partial charge in [0.1, 0.15) is 0 Å². The first kappa shape index (κ1) is 36.0. The Hall–Kier alpha value is 0.128. The van der Waals surface area contributed by atoms with E-state index in [0.717, 1.165) is 0 Å². The third kappa shape index (κ3) is 122. The van der Waals surface area contributed by atoms with Crippen LogP contribution in [0.4, 0.5) is 0 Å². The molecule has 0 amide bonds. The topological polar surface area (TPSA) is 132 Å². The van der Waals surface area contributed by atoms with Crippen LogP contribution in [0.1, 0.15) is 26.7 Å². The zero-order valence-electron chi connectivity index (χ0n) is 9.69. The summed E-state index contributed by atoms with van der Waals surface area (Å²) < 4.78 is 0. The molecule has 0 aliphatic heterocycles. The number of aliphatic carboxylic acids is 2. The van der Waals surface area contributed by atoms with Crippen molar-refractivity contribution in [1.29, 1.82) is 0 Å². The van der Waals surface area contributed by atoms with Crippen LogP contribution in [-0.4, -0.2) is 25.0 Å². The average Bonchev–Trinajstić information content (AvgIpc) is 2.19. The fraction of sp³-hybridized carbons (Fsp3) is 0.750. The van der Waals surface area contributed by atoms with Crippen molar-refractivity contribution in [3.63, 3.8) is 0 Å². The van der Waals surface area contributed by atoms with Gasteiger partial charge in [-0.1, -0.05) is 13.8 Å². The van der Waals surface area contributed by atoms with E-state index in [4.69, 9.17) is 11.5 Å². The van der Waals surface area contributed by atoms with E-state index in [-0.39, 0.29) is 58.7 Å². The number of halogens is 2. The summed E-state index contributed by atoms with van der Waals surface area (Å²) in [6, 6.07) is 0. The smallest absolute Gasteiger partial charge is 1.00 e. The van der Waals surface area contributed by atoms with Crippen molar-refractivity contribution in [2.75, 3.05) is 13.1 Å². The SMILES string of the molecule is CCC(=O)[O-].CCC(=O)[O-].NCCN.[Cl-].[Cl-].[Pt+4]. The number of nitrogens with two attached hydrogens (primary N) is 2. The van der Waals surface area contributed by atoms with Crippen molar-refractivity contribution >= 4 is 11.9 Å². The molecule has 0 spiro atoms. The molecule has 0 saturated heterocycles. The van der Waals surface area contributed by atoms with Gasteiger partial charge in [0.25, 0.3) is 0 Å². The summed E-state index contributed by atoms with van der Waals surface area (Å²) in [6.45, 7) is 4.27. The predicted octanol–water partition coefficient (Wildman–Crippen LogP) is -8.80. The van der Waals surface area contributed by atoms with Crippen LogP contribution in [0.25, 0.3) is 0 Å². The van der Waals surface area contributed by atoms with Gasteiger partial charge in [0.15, 0.2) is 0 Å². The second kappa shape index (κ2) is 36.0. The van der Waals surface area contributed by atoms with E-state index in [9.17, 15) is 19.8 Å². The first-order chi connectivity index (χ1) is 6.45. The number of carbonyl (C=O) groups is 2. The summed E-state index contributed by atoms with van der Waals surface area (Å²) in [7, 11) is 0. The van der Waals surface area contributed by atoms with E-state index in [2.05, 4.69) is 0 Å². The van der Waals surface area contributed by atoms with Gasteiger partial charge in [-0.15, -0.1) is 0 Å². The molecule has 6 nitrogen and oxygen atoms in total. The van der Waals surface area contributed by atoms with Crippen molar-refractivity contribution in [1.82, 2.24) is 0 Å². The Morgan fingerprint density at radius 2 is 1.00 bits per heavy atom. The van der Waals surface area contributed by atoms with Gasteiger partial charge in [-0.2, -0.15) is 0 Å². The minimum absolute atomic E-state index is 0. The molecule has 0 bridgehead atoms. The second-order valence-electron chi connectivity index (χ2n) is 2.03. The molecule has 0 aliphatic carbocycles. The summed E-state index contributed by atoms with van der Waals surface area (Å²) in [4.78, 5) is 18.5. The third-order valence-corrected chi connectivity index (χ3v) is 0.744. The Morgan fingerprint density at radius 3 is 1.00 bits per heavy atom. The van der Waals surface area contributed by atoms with E-state index < -0.39 is 11.9 Å². The van der Waals surface area contributed by atoms with Crippen molar-refractivity contribution in [3.8, 4) is 0 Å². The molecule has 0 radical (unpaired) electrons. The predicted molar refractivity (Wildman–Crippen MR) is 48.7 cm³/mol.